The predicted molar refractivity (Wildman–Crippen MR) is 91.6 cm³/mol. The van der Waals surface area contributed by atoms with Crippen molar-refractivity contribution in [2.45, 2.75) is 52.1 Å². The van der Waals surface area contributed by atoms with Crippen LogP contribution in [-0.2, 0) is 9.63 Å². The van der Waals surface area contributed by atoms with Crippen LogP contribution in [0.5, 0.6) is 0 Å². The second-order valence-electron chi connectivity index (χ2n) is 8.97. The van der Waals surface area contributed by atoms with Crippen LogP contribution in [0, 0.1) is 34.5 Å². The molecule has 0 aromatic heterocycles. The van der Waals surface area contributed by atoms with E-state index in [1.807, 2.05) is 6.08 Å². The third-order valence-electron chi connectivity index (χ3n) is 8.03. The molecule has 4 aliphatic rings. The quantitative estimate of drug-likeness (QED) is 0.763. The van der Waals surface area contributed by atoms with Gasteiger partial charge in [-0.25, -0.2) is 5.90 Å². The molecule has 4 nitrogen and oxygen atoms in total. The van der Waals surface area contributed by atoms with Crippen molar-refractivity contribution in [2.75, 3.05) is 6.61 Å². The first kappa shape index (κ1) is 16.5. The van der Waals surface area contributed by atoms with Crippen LogP contribution in [0.4, 0.5) is 0 Å². The Morgan fingerprint density at radius 3 is 2.75 bits per heavy atom. The maximum atomic E-state index is 11.9. The van der Waals surface area contributed by atoms with Gasteiger partial charge >= 0.3 is 0 Å². The molecule has 0 aromatic carbocycles. The second-order valence-corrected chi connectivity index (χ2v) is 8.97. The van der Waals surface area contributed by atoms with Gasteiger partial charge in [0.05, 0.1) is 12.7 Å². The monoisotopic (exact) mass is 331 g/mol. The topological polar surface area (TPSA) is 72.5 Å². The number of aliphatic hydroxyl groups excluding tert-OH is 1. The van der Waals surface area contributed by atoms with E-state index in [2.05, 4.69) is 19.9 Å². The minimum Gasteiger partial charge on any atom is -0.393 e. The summed E-state index contributed by atoms with van der Waals surface area (Å²) in [6.45, 7) is 5.16. The van der Waals surface area contributed by atoms with Crippen molar-refractivity contribution in [3.8, 4) is 0 Å². The zero-order valence-electron chi connectivity index (χ0n) is 14.7. The van der Waals surface area contributed by atoms with Crippen molar-refractivity contribution in [3.05, 3.63) is 23.8 Å². The lowest BCUT2D eigenvalue weighted by atomic mass is 9.45. The van der Waals surface area contributed by atoms with Crippen molar-refractivity contribution >= 4 is 5.78 Å². The fraction of sp³-hybridized carbons (Fsp3) is 0.750. The molecule has 3 fully saturated rings. The van der Waals surface area contributed by atoms with Gasteiger partial charge in [0.25, 0.3) is 0 Å². The first-order valence-corrected chi connectivity index (χ1v) is 9.33. The molecule has 7 atom stereocenters. The van der Waals surface area contributed by atoms with Crippen LogP contribution in [0.2, 0.25) is 0 Å². The lowest BCUT2D eigenvalue weighted by Crippen LogP contribution is -2.54. The van der Waals surface area contributed by atoms with Crippen LogP contribution < -0.4 is 5.90 Å². The number of rotatable bonds is 2. The minimum absolute atomic E-state index is 0.0493. The van der Waals surface area contributed by atoms with Crippen LogP contribution >= 0.6 is 0 Å². The molecule has 0 heterocycles. The van der Waals surface area contributed by atoms with E-state index in [-0.39, 0.29) is 28.6 Å². The average Bonchev–Trinajstić information content (AvgIpc) is 2.85. The number of allylic oxidation sites excluding steroid dienone is 3. The molecule has 4 rings (SSSR count). The Kier molecular flexibility index (Phi) is 3.79. The standard InChI is InChI=1S/C20H29NO3/c1-19-7-8-20(2)16(5-6-18(20)23)17(19)9-12(11-24-21)14-10-13(22)3-4-15(14)19/h3-4,10,12,15-18,23H,5-9,11,21H2,1-2H3/t12-,15?,16?,17?,18?,19-,20?/m1/s1. The molecule has 0 saturated heterocycles. The molecular formula is C20H29NO3. The molecule has 0 aliphatic heterocycles. The SMILES string of the molecule is CC12CC[C@]3(C)C4C=CC(=O)C=C4[C@@H](CON)CC3C1CCC2O. The number of hydrogen-bond acceptors (Lipinski definition) is 4. The van der Waals surface area contributed by atoms with E-state index in [1.54, 1.807) is 6.08 Å². The fourth-order valence-corrected chi connectivity index (χ4v) is 6.56. The second kappa shape index (κ2) is 5.52. The molecule has 0 aromatic rings. The van der Waals surface area contributed by atoms with Crippen LogP contribution in [0.1, 0.15) is 46.0 Å². The van der Waals surface area contributed by atoms with E-state index in [4.69, 9.17) is 10.7 Å². The van der Waals surface area contributed by atoms with Crippen molar-refractivity contribution in [1.29, 1.82) is 0 Å². The Labute approximate surface area is 144 Å². The van der Waals surface area contributed by atoms with Crippen molar-refractivity contribution in [3.63, 3.8) is 0 Å². The van der Waals surface area contributed by atoms with E-state index < -0.39 is 0 Å². The molecule has 0 spiro atoms. The molecule has 4 aliphatic carbocycles. The predicted octanol–water partition coefficient (Wildman–Crippen LogP) is 2.77. The highest BCUT2D eigenvalue weighted by atomic mass is 16.6. The van der Waals surface area contributed by atoms with Crippen LogP contribution in [-0.4, -0.2) is 23.6 Å². The van der Waals surface area contributed by atoms with Gasteiger partial charge in [0.15, 0.2) is 5.78 Å². The summed E-state index contributed by atoms with van der Waals surface area (Å²) < 4.78 is 0. The summed E-state index contributed by atoms with van der Waals surface area (Å²) in [5.41, 5.74) is 1.43. The average molecular weight is 331 g/mol. The molecule has 3 N–H and O–H groups in total. The Balaban J connectivity index is 1.74. The van der Waals surface area contributed by atoms with Crippen LogP contribution in [0.25, 0.3) is 0 Å². The molecule has 132 valence electrons. The van der Waals surface area contributed by atoms with Gasteiger partial charge in [0.2, 0.25) is 0 Å². The van der Waals surface area contributed by atoms with Gasteiger partial charge in [-0.15, -0.1) is 0 Å². The molecule has 3 saturated carbocycles. The zero-order chi connectivity index (χ0) is 17.1. The highest BCUT2D eigenvalue weighted by Gasteiger charge is 2.61. The van der Waals surface area contributed by atoms with Gasteiger partial charge in [-0.1, -0.05) is 25.5 Å². The van der Waals surface area contributed by atoms with Crippen molar-refractivity contribution in [2.24, 2.45) is 40.4 Å². The molecule has 5 unspecified atom stereocenters. The molecule has 0 amide bonds. The molecule has 4 heteroatoms. The maximum absolute atomic E-state index is 11.9. The van der Waals surface area contributed by atoms with E-state index in [0.29, 0.717) is 24.4 Å². The van der Waals surface area contributed by atoms with Crippen molar-refractivity contribution in [1.82, 2.24) is 0 Å². The largest absolute Gasteiger partial charge is 0.393 e. The lowest BCUT2D eigenvalue weighted by molar-refractivity contribution is -0.112. The fourth-order valence-electron chi connectivity index (χ4n) is 6.56. The molecule has 24 heavy (non-hydrogen) atoms. The summed E-state index contributed by atoms with van der Waals surface area (Å²) >= 11 is 0. The number of nitrogens with two attached hydrogens (primary N) is 1. The summed E-state index contributed by atoms with van der Waals surface area (Å²) in [5, 5.41) is 10.6. The van der Waals surface area contributed by atoms with E-state index in [9.17, 15) is 9.90 Å². The third-order valence-corrected chi connectivity index (χ3v) is 8.03. The number of hydrogen-bond donors (Lipinski definition) is 2. The number of fused-ring (bicyclic) bond motifs is 5. The summed E-state index contributed by atoms with van der Waals surface area (Å²) in [5.74, 6) is 7.11. The first-order chi connectivity index (χ1) is 11.4. The summed E-state index contributed by atoms with van der Waals surface area (Å²) in [6, 6.07) is 0. The molecule has 0 bridgehead atoms. The number of carbonyl (C=O) groups is 1. The summed E-state index contributed by atoms with van der Waals surface area (Å²) in [6.07, 6.45) is 10.8. The van der Waals surface area contributed by atoms with E-state index in [0.717, 1.165) is 32.1 Å². The first-order valence-electron chi connectivity index (χ1n) is 9.33. The van der Waals surface area contributed by atoms with Crippen LogP contribution in [0.15, 0.2) is 23.8 Å². The lowest BCUT2D eigenvalue weighted by Gasteiger charge is -2.60. The van der Waals surface area contributed by atoms with Gasteiger partial charge in [0, 0.05) is 11.8 Å². The highest BCUT2D eigenvalue weighted by molar-refractivity contribution is 6.01. The van der Waals surface area contributed by atoms with Gasteiger partial charge < -0.3 is 9.94 Å². The van der Waals surface area contributed by atoms with Gasteiger partial charge in [-0.3, -0.25) is 4.79 Å². The van der Waals surface area contributed by atoms with Gasteiger partial charge in [-0.2, -0.15) is 0 Å². The Hall–Kier alpha value is -0.970. The number of ketones is 1. The van der Waals surface area contributed by atoms with Gasteiger partial charge in [0.1, 0.15) is 0 Å². The Morgan fingerprint density at radius 1 is 1.25 bits per heavy atom. The molecular weight excluding hydrogens is 302 g/mol. The van der Waals surface area contributed by atoms with E-state index in [1.165, 1.54) is 5.57 Å². The number of aliphatic hydroxyl groups is 1. The summed E-state index contributed by atoms with van der Waals surface area (Å²) in [7, 11) is 0. The molecule has 0 radical (unpaired) electrons. The third kappa shape index (κ3) is 2.12. The maximum Gasteiger partial charge on any atom is 0.178 e. The van der Waals surface area contributed by atoms with Crippen LogP contribution in [0.3, 0.4) is 0 Å². The smallest absolute Gasteiger partial charge is 0.178 e. The Bertz CT molecular complexity index is 612. The van der Waals surface area contributed by atoms with Crippen molar-refractivity contribution < 1.29 is 14.7 Å². The summed E-state index contributed by atoms with van der Waals surface area (Å²) in [4.78, 5) is 17.0. The van der Waals surface area contributed by atoms with Gasteiger partial charge in [-0.05, 0) is 66.9 Å². The number of carbonyl (C=O) groups excluding carboxylic acids is 1. The highest BCUT2D eigenvalue weighted by Crippen LogP contribution is 2.67. The minimum atomic E-state index is -0.170. The normalized spacial score (nSPS) is 50.1. The Morgan fingerprint density at radius 2 is 2.00 bits per heavy atom. The zero-order valence-corrected chi connectivity index (χ0v) is 14.7. The van der Waals surface area contributed by atoms with E-state index >= 15 is 0 Å².